The van der Waals surface area contributed by atoms with Gasteiger partial charge in [-0.05, 0) is 12.2 Å². The minimum atomic E-state index is -0.985. The van der Waals surface area contributed by atoms with E-state index in [2.05, 4.69) is 17.9 Å². The molecule has 4 nitrogen and oxygen atoms in total. The number of allylic oxidation sites excluding steroid dienone is 2. The van der Waals surface area contributed by atoms with E-state index in [1.165, 1.54) is 0 Å². The average molecular weight is 196 g/mol. The minimum absolute atomic E-state index is 0.108. The highest BCUT2D eigenvalue weighted by Gasteiger charge is 2.30. The molecule has 0 aliphatic carbocycles. The number of aliphatic carboxylic acids is 1. The number of nitrogens with one attached hydrogen (secondary N) is 1. The Hall–Kier alpha value is -1.36. The summed E-state index contributed by atoms with van der Waals surface area (Å²) >= 11 is 4.13. The Morgan fingerprint density at radius 3 is 3.00 bits per heavy atom. The van der Waals surface area contributed by atoms with Crippen LogP contribution in [-0.4, -0.2) is 22.1 Å². The van der Waals surface area contributed by atoms with Crippen molar-refractivity contribution in [3.05, 3.63) is 35.2 Å². The van der Waals surface area contributed by atoms with Gasteiger partial charge in [0.05, 0.1) is 0 Å². The topological polar surface area (TPSA) is 52.6 Å². The molecule has 0 radical (unpaired) electrons. The summed E-state index contributed by atoms with van der Waals surface area (Å²) in [4.78, 5) is 12.5. The predicted molar refractivity (Wildman–Crippen MR) is 50.7 cm³/mol. The van der Waals surface area contributed by atoms with Crippen molar-refractivity contribution in [3.63, 3.8) is 0 Å². The Labute approximate surface area is 80.6 Å². The lowest BCUT2D eigenvalue weighted by Gasteiger charge is -2.22. The number of carboxylic acids is 1. The maximum atomic E-state index is 10.7. The second-order valence-electron chi connectivity index (χ2n) is 2.73. The fourth-order valence-electron chi connectivity index (χ4n) is 1.32. The second-order valence-corrected chi connectivity index (χ2v) is 3.15. The van der Waals surface area contributed by atoms with Crippen molar-refractivity contribution in [1.82, 2.24) is 10.2 Å². The normalized spacial score (nSPS) is 24.7. The summed E-state index contributed by atoms with van der Waals surface area (Å²) in [6.07, 6.45) is 7.24. The molecule has 0 aromatic carbocycles. The molecule has 0 amide bonds. The van der Waals surface area contributed by atoms with Crippen LogP contribution in [0.1, 0.15) is 0 Å². The van der Waals surface area contributed by atoms with E-state index in [-0.39, 0.29) is 11.9 Å². The van der Waals surface area contributed by atoms with Gasteiger partial charge in [0, 0.05) is 6.20 Å². The Balaban J connectivity index is 2.33. The van der Waals surface area contributed by atoms with E-state index in [9.17, 15) is 4.79 Å². The van der Waals surface area contributed by atoms with E-state index in [0.29, 0.717) is 5.03 Å². The van der Waals surface area contributed by atoms with E-state index in [0.717, 1.165) is 0 Å². The van der Waals surface area contributed by atoms with Gasteiger partial charge in [0.2, 0.25) is 0 Å². The lowest BCUT2D eigenvalue weighted by molar-refractivity contribution is -0.133. The van der Waals surface area contributed by atoms with Crippen molar-refractivity contribution in [1.29, 1.82) is 0 Å². The van der Waals surface area contributed by atoms with Gasteiger partial charge < -0.3 is 15.3 Å². The van der Waals surface area contributed by atoms with E-state index >= 15 is 0 Å². The molecule has 2 aliphatic heterocycles. The summed E-state index contributed by atoms with van der Waals surface area (Å²) in [5, 5.41) is 12.1. The Morgan fingerprint density at radius 1 is 1.62 bits per heavy atom. The number of carboxylic acid groups (broad SMARTS) is 1. The van der Waals surface area contributed by atoms with Crippen LogP contribution < -0.4 is 5.32 Å². The van der Waals surface area contributed by atoms with Gasteiger partial charge in [0.25, 0.3) is 0 Å². The van der Waals surface area contributed by atoms with Crippen LogP contribution in [0.2, 0.25) is 0 Å². The number of hydrogen-bond acceptors (Lipinski definition) is 4. The molecule has 2 heterocycles. The van der Waals surface area contributed by atoms with Crippen molar-refractivity contribution >= 4 is 18.6 Å². The van der Waals surface area contributed by atoms with Gasteiger partial charge >= 0.3 is 5.97 Å². The average Bonchev–Trinajstić information content (AvgIpc) is 2.45. The van der Waals surface area contributed by atoms with Crippen LogP contribution in [0.15, 0.2) is 35.2 Å². The first-order chi connectivity index (χ1) is 6.20. The van der Waals surface area contributed by atoms with Crippen molar-refractivity contribution in [2.45, 2.75) is 6.17 Å². The second kappa shape index (κ2) is 2.85. The molecule has 0 fully saturated rings. The fraction of sp³-hybridized carbons (Fsp3) is 0.125. The molecular formula is C8H8N2O2S. The molecule has 68 valence electrons. The van der Waals surface area contributed by atoms with E-state index in [1.54, 1.807) is 11.1 Å². The molecule has 1 unspecified atom stereocenters. The molecule has 1 atom stereocenters. The van der Waals surface area contributed by atoms with Gasteiger partial charge in [-0.25, -0.2) is 4.79 Å². The number of nitrogens with zero attached hydrogens (tertiary/aromatic N) is 1. The van der Waals surface area contributed by atoms with Gasteiger partial charge in [0.1, 0.15) is 11.2 Å². The molecule has 0 saturated carbocycles. The minimum Gasteiger partial charge on any atom is -0.477 e. The lowest BCUT2D eigenvalue weighted by Crippen LogP contribution is -2.33. The van der Waals surface area contributed by atoms with Crippen LogP contribution in [0, 0.1) is 0 Å². The molecule has 2 aliphatic rings. The summed E-state index contributed by atoms with van der Waals surface area (Å²) in [6, 6.07) is 0. The maximum Gasteiger partial charge on any atom is 0.354 e. The number of thiol groups is 1. The molecule has 2 N–H and O–H groups in total. The van der Waals surface area contributed by atoms with Gasteiger partial charge in [0.15, 0.2) is 5.70 Å². The lowest BCUT2D eigenvalue weighted by atomic mass is 10.3. The fourth-order valence-corrected chi connectivity index (χ4v) is 1.67. The van der Waals surface area contributed by atoms with E-state index in [4.69, 9.17) is 5.11 Å². The monoisotopic (exact) mass is 196 g/mol. The maximum absolute atomic E-state index is 10.7. The Kier molecular flexibility index (Phi) is 1.81. The summed E-state index contributed by atoms with van der Waals surface area (Å²) in [6.45, 7) is 0. The van der Waals surface area contributed by atoms with E-state index in [1.807, 2.05) is 18.2 Å². The van der Waals surface area contributed by atoms with Crippen molar-refractivity contribution < 1.29 is 9.90 Å². The van der Waals surface area contributed by atoms with Crippen LogP contribution in [0.4, 0.5) is 0 Å². The molecule has 0 bridgehead atoms. The van der Waals surface area contributed by atoms with Crippen LogP contribution in [0.3, 0.4) is 0 Å². The highest BCUT2D eigenvalue weighted by molar-refractivity contribution is 7.84. The molecule has 0 saturated heterocycles. The number of hydrogen-bond donors (Lipinski definition) is 3. The van der Waals surface area contributed by atoms with Crippen molar-refractivity contribution in [2.24, 2.45) is 0 Å². The number of rotatable bonds is 1. The van der Waals surface area contributed by atoms with Crippen LogP contribution in [0.25, 0.3) is 0 Å². The zero-order valence-corrected chi connectivity index (χ0v) is 7.53. The van der Waals surface area contributed by atoms with Gasteiger partial charge in [-0.3, -0.25) is 0 Å². The molecule has 13 heavy (non-hydrogen) atoms. The van der Waals surface area contributed by atoms with Gasteiger partial charge in [-0.15, -0.1) is 12.6 Å². The van der Waals surface area contributed by atoms with Crippen LogP contribution >= 0.6 is 12.6 Å². The molecule has 5 heteroatoms. The van der Waals surface area contributed by atoms with Crippen molar-refractivity contribution in [2.75, 3.05) is 0 Å². The SMILES string of the molecule is O=C(O)C1=C(S)N2C=CC=CC2N1. The first-order valence-electron chi connectivity index (χ1n) is 3.76. The Morgan fingerprint density at radius 2 is 2.38 bits per heavy atom. The third kappa shape index (κ3) is 1.21. The zero-order chi connectivity index (χ0) is 9.42. The quantitative estimate of drug-likeness (QED) is 0.534. The molecule has 2 rings (SSSR count). The standard InChI is InChI=1S/C8H8N2O2S/c11-8(12)6-7(13)10-4-2-1-3-5(10)9-6/h1-5,9,13H,(H,11,12). The van der Waals surface area contributed by atoms with Gasteiger partial charge in [-0.2, -0.15) is 0 Å². The molecule has 0 aromatic rings. The van der Waals surface area contributed by atoms with Crippen LogP contribution in [0.5, 0.6) is 0 Å². The predicted octanol–water partition coefficient (Wildman–Crippen LogP) is 0.485. The van der Waals surface area contributed by atoms with Crippen LogP contribution in [-0.2, 0) is 4.79 Å². The number of carbonyl (C=O) groups is 1. The third-order valence-electron chi connectivity index (χ3n) is 1.93. The highest BCUT2D eigenvalue weighted by Crippen LogP contribution is 2.26. The Bertz CT molecular complexity index is 346. The first-order valence-corrected chi connectivity index (χ1v) is 4.21. The van der Waals surface area contributed by atoms with Crippen molar-refractivity contribution in [3.8, 4) is 0 Å². The largest absolute Gasteiger partial charge is 0.477 e. The molecule has 0 spiro atoms. The summed E-state index contributed by atoms with van der Waals surface area (Å²) < 4.78 is 0. The summed E-state index contributed by atoms with van der Waals surface area (Å²) in [7, 11) is 0. The highest BCUT2D eigenvalue weighted by atomic mass is 32.1. The zero-order valence-electron chi connectivity index (χ0n) is 6.64. The molecular weight excluding hydrogens is 188 g/mol. The summed E-state index contributed by atoms with van der Waals surface area (Å²) in [5.41, 5.74) is 0.143. The first kappa shape index (κ1) is 8.25. The smallest absolute Gasteiger partial charge is 0.354 e. The van der Waals surface area contributed by atoms with Gasteiger partial charge in [-0.1, -0.05) is 6.08 Å². The third-order valence-corrected chi connectivity index (χ3v) is 2.38. The summed E-state index contributed by atoms with van der Waals surface area (Å²) in [5.74, 6) is -0.985. The van der Waals surface area contributed by atoms with E-state index < -0.39 is 5.97 Å². The molecule has 0 aromatic heterocycles. The number of fused-ring (bicyclic) bond motifs is 1.